The molecule has 2 aromatic rings. The first-order valence-corrected chi connectivity index (χ1v) is 6.29. The number of amides is 1. The third-order valence-electron chi connectivity index (χ3n) is 3.05. The zero-order chi connectivity index (χ0) is 14.7. The molecule has 6 heteroatoms. The zero-order valence-electron chi connectivity index (χ0n) is 11.9. The van der Waals surface area contributed by atoms with E-state index in [2.05, 4.69) is 10.2 Å². The van der Waals surface area contributed by atoms with E-state index >= 15 is 0 Å². The van der Waals surface area contributed by atoms with E-state index in [4.69, 9.17) is 5.73 Å². The van der Waals surface area contributed by atoms with Gasteiger partial charge >= 0.3 is 0 Å². The van der Waals surface area contributed by atoms with Gasteiger partial charge in [-0.15, -0.1) is 0 Å². The molecule has 1 aromatic heterocycles. The number of hydrogen-bond acceptors (Lipinski definition) is 4. The molecule has 6 nitrogen and oxygen atoms in total. The monoisotopic (exact) mass is 273 g/mol. The second-order valence-corrected chi connectivity index (χ2v) is 4.94. The number of hydrogen-bond donors (Lipinski definition) is 2. The molecule has 3 N–H and O–H groups in total. The van der Waals surface area contributed by atoms with Crippen LogP contribution < -0.4 is 10.6 Å². The van der Waals surface area contributed by atoms with Crippen LogP contribution in [0.25, 0.3) is 0 Å². The van der Waals surface area contributed by atoms with E-state index in [9.17, 15) is 4.79 Å². The fraction of sp³-hybridized carbons (Fsp3) is 0.286. The Morgan fingerprint density at radius 1 is 1.35 bits per heavy atom. The summed E-state index contributed by atoms with van der Waals surface area (Å²) in [7, 11) is 5.56. The van der Waals surface area contributed by atoms with Crippen LogP contribution in [0.3, 0.4) is 0 Å². The lowest BCUT2D eigenvalue weighted by molar-refractivity contribution is 0.0786. The number of benzene rings is 1. The summed E-state index contributed by atoms with van der Waals surface area (Å²) < 4.78 is 0. The van der Waals surface area contributed by atoms with E-state index in [1.165, 1.54) is 0 Å². The normalized spacial score (nSPS) is 10.3. The van der Waals surface area contributed by atoms with Crippen LogP contribution in [0.5, 0.6) is 0 Å². The van der Waals surface area contributed by atoms with Gasteiger partial charge in [-0.05, 0) is 18.2 Å². The van der Waals surface area contributed by atoms with Crippen LogP contribution in [0.4, 0.5) is 11.4 Å². The number of aromatic nitrogens is 2. The Bertz CT molecular complexity index is 592. The highest BCUT2D eigenvalue weighted by atomic mass is 16.2. The Labute approximate surface area is 118 Å². The van der Waals surface area contributed by atoms with E-state index < -0.39 is 0 Å². The number of nitrogens with two attached hydrogens (primary N) is 1. The van der Waals surface area contributed by atoms with E-state index in [0.29, 0.717) is 17.8 Å². The van der Waals surface area contributed by atoms with Crippen molar-refractivity contribution < 1.29 is 4.79 Å². The van der Waals surface area contributed by atoms with Crippen molar-refractivity contribution in [3.63, 3.8) is 0 Å². The molecule has 106 valence electrons. The van der Waals surface area contributed by atoms with E-state index in [1.54, 1.807) is 36.5 Å². The molecule has 0 bridgehead atoms. The summed E-state index contributed by atoms with van der Waals surface area (Å²) in [4.78, 5) is 16.1. The number of nitrogens with zero attached hydrogens (tertiary/aromatic N) is 3. The van der Waals surface area contributed by atoms with Crippen molar-refractivity contribution in [2.24, 2.45) is 0 Å². The molecular formula is C14H19N5O. The smallest absolute Gasteiger partial charge is 0.256 e. The topological polar surface area (TPSA) is 78.2 Å². The number of rotatable bonds is 4. The van der Waals surface area contributed by atoms with Gasteiger partial charge in [0.05, 0.1) is 11.8 Å². The Hall–Kier alpha value is -2.50. The first-order valence-electron chi connectivity index (χ1n) is 6.29. The molecule has 0 saturated heterocycles. The minimum Gasteiger partial charge on any atom is -0.399 e. The number of nitrogen functional groups attached to an aromatic ring is 1. The van der Waals surface area contributed by atoms with Crippen molar-refractivity contribution in [3.05, 3.63) is 41.7 Å². The summed E-state index contributed by atoms with van der Waals surface area (Å²) >= 11 is 0. The standard InChI is InChI=1S/C14H19N5O/c1-18(2)13-5-4-11(15)6-12(13)14(20)19(3)9-10-7-16-17-8-10/h4-8H,9,15H2,1-3H3,(H,16,17). The lowest BCUT2D eigenvalue weighted by Crippen LogP contribution is -2.28. The predicted molar refractivity (Wildman–Crippen MR) is 79.6 cm³/mol. The van der Waals surface area contributed by atoms with E-state index in [0.717, 1.165) is 11.3 Å². The number of H-pyrrole nitrogens is 1. The van der Waals surface area contributed by atoms with Crippen molar-refractivity contribution >= 4 is 17.3 Å². The summed E-state index contributed by atoms with van der Waals surface area (Å²) in [5, 5.41) is 6.61. The summed E-state index contributed by atoms with van der Waals surface area (Å²) in [6.07, 6.45) is 3.48. The molecule has 0 radical (unpaired) electrons. The third-order valence-corrected chi connectivity index (χ3v) is 3.05. The number of anilines is 2. The second kappa shape index (κ2) is 5.64. The average Bonchev–Trinajstić information content (AvgIpc) is 2.90. The maximum Gasteiger partial charge on any atom is 0.256 e. The molecule has 0 saturated carbocycles. The highest BCUT2D eigenvalue weighted by Gasteiger charge is 2.17. The highest BCUT2D eigenvalue weighted by molar-refractivity contribution is 6.00. The van der Waals surface area contributed by atoms with Gasteiger partial charge in [-0.1, -0.05) is 0 Å². The van der Waals surface area contributed by atoms with Crippen molar-refractivity contribution in [2.45, 2.75) is 6.54 Å². The van der Waals surface area contributed by atoms with Gasteiger partial charge in [-0.3, -0.25) is 9.89 Å². The average molecular weight is 273 g/mol. The molecule has 0 unspecified atom stereocenters. The SMILES string of the molecule is CN(Cc1cn[nH]c1)C(=O)c1cc(N)ccc1N(C)C. The first-order chi connectivity index (χ1) is 9.49. The minimum atomic E-state index is -0.0674. The maximum atomic E-state index is 12.6. The van der Waals surface area contributed by atoms with Crippen LogP contribution in [0.1, 0.15) is 15.9 Å². The number of carbonyl (C=O) groups excluding carboxylic acids is 1. The van der Waals surface area contributed by atoms with Gasteiger partial charge in [0, 0.05) is 50.8 Å². The van der Waals surface area contributed by atoms with Gasteiger partial charge < -0.3 is 15.5 Å². The molecule has 1 aromatic carbocycles. The van der Waals surface area contributed by atoms with Gasteiger partial charge in [-0.2, -0.15) is 5.10 Å². The lowest BCUT2D eigenvalue weighted by atomic mass is 10.1. The number of nitrogens with one attached hydrogen (secondary N) is 1. The summed E-state index contributed by atoms with van der Waals surface area (Å²) in [6.45, 7) is 0.497. The molecule has 0 aliphatic carbocycles. The molecule has 1 amide bonds. The molecule has 0 aliphatic rings. The number of aromatic amines is 1. The first kappa shape index (κ1) is 13.9. The third kappa shape index (κ3) is 2.90. The van der Waals surface area contributed by atoms with Crippen molar-refractivity contribution in [2.75, 3.05) is 31.8 Å². The molecule has 2 rings (SSSR count). The molecule has 20 heavy (non-hydrogen) atoms. The molecule has 0 atom stereocenters. The Kier molecular flexibility index (Phi) is 3.93. The predicted octanol–water partition coefficient (Wildman–Crippen LogP) is 1.33. The fourth-order valence-corrected chi connectivity index (χ4v) is 2.03. The van der Waals surface area contributed by atoms with Gasteiger partial charge in [0.15, 0.2) is 0 Å². The van der Waals surface area contributed by atoms with Gasteiger partial charge in [0.2, 0.25) is 0 Å². The van der Waals surface area contributed by atoms with E-state index in [-0.39, 0.29) is 5.91 Å². The molecule has 1 heterocycles. The zero-order valence-corrected chi connectivity index (χ0v) is 11.9. The van der Waals surface area contributed by atoms with Crippen molar-refractivity contribution in [1.82, 2.24) is 15.1 Å². The van der Waals surface area contributed by atoms with Gasteiger partial charge in [0.25, 0.3) is 5.91 Å². The van der Waals surface area contributed by atoms with Crippen molar-refractivity contribution in [3.8, 4) is 0 Å². The Balaban J connectivity index is 2.25. The Morgan fingerprint density at radius 3 is 2.70 bits per heavy atom. The minimum absolute atomic E-state index is 0.0674. The molecule has 0 spiro atoms. The summed E-state index contributed by atoms with van der Waals surface area (Å²) in [6, 6.07) is 5.36. The van der Waals surface area contributed by atoms with Crippen LogP contribution in [0, 0.1) is 0 Å². The van der Waals surface area contributed by atoms with Crippen LogP contribution in [-0.2, 0) is 6.54 Å². The summed E-state index contributed by atoms with van der Waals surface area (Å²) in [5.74, 6) is -0.0674. The van der Waals surface area contributed by atoms with Crippen LogP contribution in [0.15, 0.2) is 30.6 Å². The highest BCUT2D eigenvalue weighted by Crippen LogP contribution is 2.23. The lowest BCUT2D eigenvalue weighted by Gasteiger charge is -2.22. The largest absolute Gasteiger partial charge is 0.399 e. The van der Waals surface area contributed by atoms with E-state index in [1.807, 2.05) is 25.1 Å². The van der Waals surface area contributed by atoms with Crippen molar-refractivity contribution in [1.29, 1.82) is 0 Å². The van der Waals surface area contributed by atoms with Crippen LogP contribution in [-0.4, -0.2) is 42.1 Å². The van der Waals surface area contributed by atoms with Gasteiger partial charge in [-0.25, -0.2) is 0 Å². The summed E-state index contributed by atoms with van der Waals surface area (Å²) in [5.41, 5.74) is 8.78. The fourth-order valence-electron chi connectivity index (χ4n) is 2.03. The molecule has 0 aliphatic heterocycles. The van der Waals surface area contributed by atoms with Gasteiger partial charge in [0.1, 0.15) is 0 Å². The quantitative estimate of drug-likeness (QED) is 0.824. The van der Waals surface area contributed by atoms with Crippen LogP contribution >= 0.6 is 0 Å². The maximum absolute atomic E-state index is 12.6. The molecule has 0 fully saturated rings. The number of carbonyl (C=O) groups is 1. The second-order valence-electron chi connectivity index (χ2n) is 4.94. The Morgan fingerprint density at radius 2 is 2.10 bits per heavy atom. The molecular weight excluding hydrogens is 254 g/mol. The van der Waals surface area contributed by atoms with Crippen LogP contribution in [0.2, 0.25) is 0 Å².